The van der Waals surface area contributed by atoms with Gasteiger partial charge in [0.25, 0.3) is 0 Å². The summed E-state index contributed by atoms with van der Waals surface area (Å²) in [4.78, 5) is 35.5. The summed E-state index contributed by atoms with van der Waals surface area (Å²) in [6.07, 6.45) is 2.36. The van der Waals surface area contributed by atoms with Crippen LogP contribution in [0.1, 0.15) is 5.56 Å². The first-order chi connectivity index (χ1) is 11.6. The molecule has 0 aliphatic carbocycles. The molecule has 3 aliphatic heterocycles. The number of rotatable bonds is 4. The van der Waals surface area contributed by atoms with Crippen LogP contribution in [0.25, 0.3) is 0 Å². The van der Waals surface area contributed by atoms with Crippen LogP contribution >= 0.6 is 0 Å². The van der Waals surface area contributed by atoms with Crippen molar-refractivity contribution >= 4 is 18.0 Å². The van der Waals surface area contributed by atoms with Crippen LogP contribution in [0.4, 0.5) is 4.79 Å². The Bertz CT molecular complexity index is 730. The number of carbonyl (C=O) groups is 3. The molecule has 124 valence electrons. The molecule has 3 heterocycles. The minimum Gasteiger partial charge on any atom is -0.445 e. The zero-order valence-corrected chi connectivity index (χ0v) is 12.6. The number of carbonyl (C=O) groups excluding carboxylic acids is 3. The predicted octanol–water partition coefficient (Wildman–Crippen LogP) is 0.936. The molecular formula is C17H15NO6. The Balaban J connectivity index is 1.37. The zero-order chi connectivity index (χ0) is 16.7. The van der Waals surface area contributed by atoms with Gasteiger partial charge in [0.1, 0.15) is 24.0 Å². The van der Waals surface area contributed by atoms with Crippen molar-refractivity contribution in [3.63, 3.8) is 0 Å². The molecule has 2 saturated heterocycles. The van der Waals surface area contributed by atoms with Gasteiger partial charge in [0, 0.05) is 0 Å². The van der Waals surface area contributed by atoms with Gasteiger partial charge in [-0.1, -0.05) is 42.5 Å². The molecule has 7 nitrogen and oxygen atoms in total. The van der Waals surface area contributed by atoms with Crippen LogP contribution in [0.2, 0.25) is 0 Å². The predicted molar refractivity (Wildman–Crippen MR) is 79.5 cm³/mol. The van der Waals surface area contributed by atoms with E-state index in [9.17, 15) is 14.4 Å². The monoisotopic (exact) mass is 329 g/mol. The minimum absolute atomic E-state index is 0.0389. The van der Waals surface area contributed by atoms with Gasteiger partial charge in [-0.2, -0.15) is 0 Å². The van der Waals surface area contributed by atoms with Crippen molar-refractivity contribution in [3.8, 4) is 0 Å². The Morgan fingerprint density at radius 2 is 2.00 bits per heavy atom. The molecule has 24 heavy (non-hydrogen) atoms. The second kappa shape index (κ2) is 5.45. The molecule has 3 aliphatic rings. The number of benzene rings is 1. The summed E-state index contributed by atoms with van der Waals surface area (Å²) in [7, 11) is 0. The van der Waals surface area contributed by atoms with Crippen LogP contribution in [0.3, 0.4) is 0 Å². The summed E-state index contributed by atoms with van der Waals surface area (Å²) in [6.45, 7) is 0.183. The quantitative estimate of drug-likeness (QED) is 0.502. The van der Waals surface area contributed by atoms with E-state index in [0.29, 0.717) is 0 Å². The Hall–Kier alpha value is -2.67. The van der Waals surface area contributed by atoms with Gasteiger partial charge >= 0.3 is 18.0 Å². The van der Waals surface area contributed by atoms with Crippen LogP contribution in [0.15, 0.2) is 42.5 Å². The van der Waals surface area contributed by atoms with Gasteiger partial charge in [-0.05, 0) is 5.56 Å². The summed E-state index contributed by atoms with van der Waals surface area (Å²) in [5.41, 5.74) is -0.168. The van der Waals surface area contributed by atoms with Crippen molar-refractivity contribution < 1.29 is 28.6 Å². The molecule has 2 fully saturated rings. The van der Waals surface area contributed by atoms with E-state index in [1.165, 1.54) is 0 Å². The molecule has 1 amide bonds. The molecule has 4 rings (SSSR count). The van der Waals surface area contributed by atoms with Crippen LogP contribution < -0.4 is 5.32 Å². The highest BCUT2D eigenvalue weighted by Crippen LogP contribution is 2.50. The minimum atomic E-state index is -1.04. The Labute approximate surface area is 137 Å². The summed E-state index contributed by atoms with van der Waals surface area (Å²) in [5.74, 6) is -2.50. The second-order valence-corrected chi connectivity index (χ2v) is 6.06. The zero-order valence-electron chi connectivity index (χ0n) is 12.6. The largest absolute Gasteiger partial charge is 0.445 e. The molecule has 7 heteroatoms. The number of ether oxygens (including phenoxy) is 3. The number of hydrogen-bond donors (Lipinski definition) is 1. The van der Waals surface area contributed by atoms with E-state index in [1.807, 2.05) is 30.3 Å². The van der Waals surface area contributed by atoms with E-state index in [0.717, 1.165) is 5.56 Å². The van der Waals surface area contributed by atoms with E-state index in [2.05, 4.69) is 5.32 Å². The Morgan fingerprint density at radius 1 is 1.21 bits per heavy atom. The molecule has 4 atom stereocenters. The fourth-order valence-corrected chi connectivity index (χ4v) is 3.50. The normalized spacial score (nSPS) is 32.6. The molecular weight excluding hydrogens is 314 g/mol. The number of esters is 2. The number of amides is 1. The SMILES string of the molecule is O=C(NCC12C=CC(O1)C1C(=O)OC(=O)C12)OCc1ccccc1. The van der Waals surface area contributed by atoms with Gasteiger partial charge in [-0.15, -0.1) is 0 Å². The van der Waals surface area contributed by atoms with E-state index in [4.69, 9.17) is 14.2 Å². The van der Waals surface area contributed by atoms with Gasteiger partial charge in [-0.3, -0.25) is 9.59 Å². The Kier molecular flexibility index (Phi) is 3.38. The van der Waals surface area contributed by atoms with Crippen LogP contribution in [-0.2, 0) is 30.4 Å². The maximum atomic E-state index is 11.9. The molecule has 0 spiro atoms. The summed E-state index contributed by atoms with van der Waals surface area (Å²) in [6, 6.07) is 9.28. The van der Waals surface area contributed by atoms with E-state index in [-0.39, 0.29) is 13.2 Å². The number of hydrogen-bond acceptors (Lipinski definition) is 6. The summed E-state index contributed by atoms with van der Waals surface area (Å²) in [5, 5.41) is 2.60. The Morgan fingerprint density at radius 3 is 2.79 bits per heavy atom. The standard InChI is InChI=1S/C17H15NO6/c19-14-12-11-6-7-17(24-11,13(12)15(20)23-14)9-18-16(21)22-8-10-4-2-1-3-5-10/h1-7,11-13H,8-9H2,(H,18,21). The van der Waals surface area contributed by atoms with Crippen molar-refractivity contribution in [2.45, 2.75) is 18.3 Å². The third-order valence-electron chi connectivity index (χ3n) is 4.61. The molecule has 1 aromatic rings. The van der Waals surface area contributed by atoms with Crippen LogP contribution in [0, 0.1) is 11.8 Å². The lowest BCUT2D eigenvalue weighted by molar-refractivity contribution is -0.158. The van der Waals surface area contributed by atoms with Crippen molar-refractivity contribution in [1.29, 1.82) is 0 Å². The van der Waals surface area contributed by atoms with Gasteiger partial charge < -0.3 is 19.5 Å². The highest BCUT2D eigenvalue weighted by atomic mass is 16.6. The van der Waals surface area contributed by atoms with Crippen molar-refractivity contribution in [1.82, 2.24) is 5.32 Å². The lowest BCUT2D eigenvalue weighted by atomic mass is 9.77. The van der Waals surface area contributed by atoms with Gasteiger partial charge in [-0.25, -0.2) is 4.79 Å². The highest BCUT2D eigenvalue weighted by Gasteiger charge is 2.67. The maximum absolute atomic E-state index is 11.9. The van der Waals surface area contributed by atoms with E-state index in [1.54, 1.807) is 12.2 Å². The first kappa shape index (κ1) is 14.9. The number of cyclic esters (lactones) is 2. The molecule has 0 saturated carbocycles. The smallest absolute Gasteiger partial charge is 0.407 e. The first-order valence-electron chi connectivity index (χ1n) is 7.66. The second-order valence-electron chi connectivity index (χ2n) is 6.06. The van der Waals surface area contributed by atoms with Crippen LogP contribution in [-0.4, -0.2) is 36.3 Å². The average Bonchev–Trinajstić information content (AvgIpc) is 3.24. The third kappa shape index (κ3) is 2.28. The fraction of sp³-hybridized carbons (Fsp3) is 0.353. The van der Waals surface area contributed by atoms with Crippen molar-refractivity contribution in [2.24, 2.45) is 11.8 Å². The number of nitrogens with one attached hydrogen (secondary N) is 1. The first-order valence-corrected chi connectivity index (χ1v) is 7.66. The molecule has 0 aromatic heterocycles. The van der Waals surface area contributed by atoms with Crippen LogP contribution in [0.5, 0.6) is 0 Å². The third-order valence-corrected chi connectivity index (χ3v) is 4.61. The van der Waals surface area contributed by atoms with Gasteiger partial charge in [0.15, 0.2) is 0 Å². The lowest BCUT2D eigenvalue weighted by Gasteiger charge is -2.27. The average molecular weight is 329 g/mol. The maximum Gasteiger partial charge on any atom is 0.407 e. The molecule has 0 radical (unpaired) electrons. The number of fused-ring (bicyclic) bond motifs is 5. The molecule has 1 aromatic carbocycles. The van der Waals surface area contributed by atoms with E-state index < -0.39 is 41.6 Å². The number of alkyl carbamates (subject to hydrolysis) is 1. The highest BCUT2D eigenvalue weighted by molar-refractivity contribution is 5.99. The molecule has 1 N–H and O–H groups in total. The topological polar surface area (TPSA) is 90.9 Å². The van der Waals surface area contributed by atoms with Crippen molar-refractivity contribution in [3.05, 3.63) is 48.0 Å². The van der Waals surface area contributed by atoms with Gasteiger partial charge in [0.05, 0.1) is 12.6 Å². The summed E-state index contributed by atoms with van der Waals surface area (Å²) >= 11 is 0. The molecule has 2 bridgehead atoms. The fourth-order valence-electron chi connectivity index (χ4n) is 3.50. The van der Waals surface area contributed by atoms with E-state index >= 15 is 0 Å². The molecule has 4 unspecified atom stereocenters. The van der Waals surface area contributed by atoms with Gasteiger partial charge in [0.2, 0.25) is 0 Å². The summed E-state index contributed by atoms with van der Waals surface area (Å²) < 4.78 is 15.6. The van der Waals surface area contributed by atoms with Crippen molar-refractivity contribution in [2.75, 3.05) is 6.54 Å². The lowest BCUT2D eigenvalue weighted by Crippen LogP contribution is -2.47.